The molecule has 0 bridgehead atoms. The Labute approximate surface area is 121 Å². The molecule has 0 aliphatic heterocycles. The van der Waals surface area contributed by atoms with Gasteiger partial charge in [0.1, 0.15) is 5.15 Å². The van der Waals surface area contributed by atoms with E-state index in [4.69, 9.17) is 26.2 Å². The molecular formula is C14H14ClNO4. The SMILES string of the molecule is CCOc1cc2cc(C(=O)O)c(Cl)nc2cc1OCC. The van der Waals surface area contributed by atoms with Crippen LogP contribution in [0.4, 0.5) is 0 Å². The second-order valence-electron chi connectivity index (χ2n) is 3.99. The lowest BCUT2D eigenvalue weighted by atomic mass is 10.1. The van der Waals surface area contributed by atoms with E-state index in [9.17, 15) is 4.79 Å². The second-order valence-corrected chi connectivity index (χ2v) is 4.35. The van der Waals surface area contributed by atoms with Crippen molar-refractivity contribution >= 4 is 28.5 Å². The van der Waals surface area contributed by atoms with Gasteiger partial charge in [0.2, 0.25) is 0 Å². The molecule has 5 nitrogen and oxygen atoms in total. The molecule has 0 spiro atoms. The Morgan fingerprint density at radius 3 is 2.35 bits per heavy atom. The molecule has 0 radical (unpaired) electrons. The average molecular weight is 296 g/mol. The van der Waals surface area contributed by atoms with E-state index in [1.165, 1.54) is 6.07 Å². The molecule has 0 saturated carbocycles. The van der Waals surface area contributed by atoms with Gasteiger partial charge in [-0.3, -0.25) is 0 Å². The number of aromatic nitrogens is 1. The molecule has 2 rings (SSSR count). The summed E-state index contributed by atoms with van der Waals surface area (Å²) in [5, 5.41) is 9.65. The van der Waals surface area contributed by atoms with Crippen molar-refractivity contribution in [2.24, 2.45) is 0 Å². The van der Waals surface area contributed by atoms with Crippen molar-refractivity contribution in [1.29, 1.82) is 0 Å². The third-order valence-electron chi connectivity index (χ3n) is 2.66. The summed E-state index contributed by atoms with van der Waals surface area (Å²) in [6.07, 6.45) is 0. The predicted molar refractivity (Wildman–Crippen MR) is 76.1 cm³/mol. The van der Waals surface area contributed by atoms with Gasteiger partial charge in [-0.2, -0.15) is 0 Å². The Bertz CT molecular complexity index is 657. The maximum atomic E-state index is 11.1. The molecule has 106 valence electrons. The summed E-state index contributed by atoms with van der Waals surface area (Å²) in [4.78, 5) is 15.2. The zero-order valence-corrected chi connectivity index (χ0v) is 11.9. The van der Waals surface area contributed by atoms with Crippen LogP contribution >= 0.6 is 11.6 Å². The van der Waals surface area contributed by atoms with Crippen molar-refractivity contribution in [2.75, 3.05) is 13.2 Å². The van der Waals surface area contributed by atoms with E-state index in [0.29, 0.717) is 35.6 Å². The molecule has 0 aliphatic carbocycles. The number of halogens is 1. The van der Waals surface area contributed by atoms with Crippen molar-refractivity contribution in [2.45, 2.75) is 13.8 Å². The lowest BCUT2D eigenvalue weighted by Gasteiger charge is -2.12. The number of carboxylic acid groups (broad SMARTS) is 1. The van der Waals surface area contributed by atoms with Crippen molar-refractivity contribution < 1.29 is 19.4 Å². The second kappa shape index (κ2) is 5.96. The van der Waals surface area contributed by atoms with Gasteiger partial charge in [-0.05, 0) is 26.0 Å². The zero-order chi connectivity index (χ0) is 14.7. The Balaban J connectivity index is 2.63. The van der Waals surface area contributed by atoms with Gasteiger partial charge in [0.25, 0.3) is 0 Å². The van der Waals surface area contributed by atoms with E-state index in [-0.39, 0.29) is 10.7 Å². The van der Waals surface area contributed by atoms with Crippen molar-refractivity contribution in [3.8, 4) is 11.5 Å². The Morgan fingerprint density at radius 2 is 1.80 bits per heavy atom. The number of benzene rings is 1. The van der Waals surface area contributed by atoms with E-state index in [1.807, 2.05) is 13.8 Å². The highest BCUT2D eigenvalue weighted by Gasteiger charge is 2.14. The average Bonchev–Trinajstić information content (AvgIpc) is 2.39. The van der Waals surface area contributed by atoms with Crippen LogP contribution in [0.5, 0.6) is 11.5 Å². The Morgan fingerprint density at radius 1 is 1.20 bits per heavy atom. The summed E-state index contributed by atoms with van der Waals surface area (Å²) < 4.78 is 11.0. The number of hydrogen-bond donors (Lipinski definition) is 1. The van der Waals surface area contributed by atoms with Crippen LogP contribution in [0, 0.1) is 0 Å². The number of pyridine rings is 1. The molecule has 0 amide bonds. The molecule has 6 heteroatoms. The molecule has 0 unspecified atom stereocenters. The fourth-order valence-electron chi connectivity index (χ4n) is 1.84. The smallest absolute Gasteiger partial charge is 0.338 e. The maximum Gasteiger partial charge on any atom is 0.338 e. The van der Waals surface area contributed by atoms with E-state index >= 15 is 0 Å². The third kappa shape index (κ3) is 2.77. The largest absolute Gasteiger partial charge is 0.490 e. The lowest BCUT2D eigenvalue weighted by Crippen LogP contribution is -2.01. The highest BCUT2D eigenvalue weighted by molar-refractivity contribution is 6.32. The number of carboxylic acids is 1. The lowest BCUT2D eigenvalue weighted by molar-refractivity contribution is 0.0697. The summed E-state index contributed by atoms with van der Waals surface area (Å²) in [5.41, 5.74) is 0.526. The van der Waals surface area contributed by atoms with Gasteiger partial charge < -0.3 is 14.6 Å². The van der Waals surface area contributed by atoms with Crippen LogP contribution in [-0.2, 0) is 0 Å². The third-order valence-corrected chi connectivity index (χ3v) is 2.95. The number of hydrogen-bond acceptors (Lipinski definition) is 4. The zero-order valence-electron chi connectivity index (χ0n) is 11.1. The molecule has 0 atom stereocenters. The van der Waals surface area contributed by atoms with Crippen molar-refractivity contribution in [3.63, 3.8) is 0 Å². The van der Waals surface area contributed by atoms with Gasteiger partial charge in [0, 0.05) is 11.5 Å². The van der Waals surface area contributed by atoms with Crippen LogP contribution in [0.1, 0.15) is 24.2 Å². The van der Waals surface area contributed by atoms with Crippen LogP contribution in [0.25, 0.3) is 10.9 Å². The monoisotopic (exact) mass is 295 g/mol. The van der Waals surface area contributed by atoms with Crippen LogP contribution < -0.4 is 9.47 Å². The first-order valence-electron chi connectivity index (χ1n) is 6.20. The molecule has 0 fully saturated rings. The van der Waals surface area contributed by atoms with Crippen LogP contribution in [-0.4, -0.2) is 29.3 Å². The molecule has 1 N–H and O–H groups in total. The van der Waals surface area contributed by atoms with Crippen molar-refractivity contribution in [1.82, 2.24) is 4.98 Å². The minimum atomic E-state index is -1.11. The minimum Gasteiger partial charge on any atom is -0.490 e. The Hall–Kier alpha value is -2.01. The van der Waals surface area contributed by atoms with Gasteiger partial charge >= 0.3 is 5.97 Å². The van der Waals surface area contributed by atoms with E-state index in [1.54, 1.807) is 12.1 Å². The summed E-state index contributed by atoms with van der Waals surface area (Å²) in [7, 11) is 0. The summed E-state index contributed by atoms with van der Waals surface area (Å²) in [6, 6.07) is 4.88. The number of rotatable bonds is 5. The molecule has 1 heterocycles. The first kappa shape index (κ1) is 14.4. The van der Waals surface area contributed by atoms with E-state index in [0.717, 1.165) is 0 Å². The van der Waals surface area contributed by atoms with Crippen LogP contribution in [0.2, 0.25) is 5.15 Å². The number of carbonyl (C=O) groups is 1. The number of aromatic carboxylic acids is 1. The minimum absolute atomic E-state index is 0.0363. The van der Waals surface area contributed by atoms with Gasteiger partial charge in [-0.15, -0.1) is 0 Å². The first-order chi connectivity index (χ1) is 9.56. The normalized spacial score (nSPS) is 10.6. The van der Waals surface area contributed by atoms with Gasteiger partial charge in [0.15, 0.2) is 11.5 Å². The molecule has 20 heavy (non-hydrogen) atoms. The quantitative estimate of drug-likeness (QED) is 0.856. The summed E-state index contributed by atoms with van der Waals surface area (Å²) in [5.74, 6) is 0.00653. The van der Waals surface area contributed by atoms with Crippen LogP contribution in [0.15, 0.2) is 18.2 Å². The Kier molecular flexibility index (Phi) is 4.29. The molecular weight excluding hydrogens is 282 g/mol. The molecule has 0 aliphatic rings. The highest BCUT2D eigenvalue weighted by Crippen LogP contribution is 2.33. The van der Waals surface area contributed by atoms with Gasteiger partial charge in [0.05, 0.1) is 24.3 Å². The standard InChI is InChI=1S/C14H14ClNO4/c1-3-19-11-6-8-5-9(14(17)18)13(15)16-10(8)7-12(11)20-4-2/h5-7H,3-4H2,1-2H3,(H,17,18). The van der Waals surface area contributed by atoms with E-state index < -0.39 is 5.97 Å². The summed E-state index contributed by atoms with van der Waals surface area (Å²) in [6.45, 7) is 4.71. The van der Waals surface area contributed by atoms with Gasteiger partial charge in [-0.25, -0.2) is 9.78 Å². The first-order valence-corrected chi connectivity index (χ1v) is 6.57. The predicted octanol–water partition coefficient (Wildman–Crippen LogP) is 3.38. The fraction of sp³-hybridized carbons (Fsp3) is 0.286. The van der Waals surface area contributed by atoms with E-state index in [2.05, 4.69) is 4.98 Å². The molecule has 2 aromatic rings. The molecule has 0 saturated heterocycles. The number of nitrogens with zero attached hydrogens (tertiary/aromatic N) is 1. The van der Waals surface area contributed by atoms with Crippen LogP contribution in [0.3, 0.4) is 0 Å². The molecule has 1 aromatic carbocycles. The molecule has 1 aromatic heterocycles. The number of fused-ring (bicyclic) bond motifs is 1. The summed E-state index contributed by atoms with van der Waals surface area (Å²) >= 11 is 5.86. The van der Waals surface area contributed by atoms with Gasteiger partial charge in [-0.1, -0.05) is 11.6 Å². The number of ether oxygens (including phenoxy) is 2. The fourth-order valence-corrected chi connectivity index (χ4v) is 2.07. The maximum absolute atomic E-state index is 11.1. The highest BCUT2D eigenvalue weighted by atomic mass is 35.5. The van der Waals surface area contributed by atoms with Crippen molar-refractivity contribution in [3.05, 3.63) is 28.9 Å². The topological polar surface area (TPSA) is 68.7 Å².